The molecule has 1 aromatic carbocycles. The SMILES string of the molecule is Cc1c(NC(=O)C(C)(C)C)cccc1C(=O)N1CCN(C(=O)c2ncn[nH]2)CC1. The van der Waals surface area contributed by atoms with Gasteiger partial charge in [0.25, 0.3) is 11.8 Å². The molecule has 9 nitrogen and oxygen atoms in total. The number of aromatic nitrogens is 3. The Morgan fingerprint density at radius 2 is 1.66 bits per heavy atom. The maximum absolute atomic E-state index is 13.0. The van der Waals surface area contributed by atoms with Crippen LogP contribution in [-0.4, -0.2) is 68.9 Å². The van der Waals surface area contributed by atoms with E-state index in [4.69, 9.17) is 0 Å². The van der Waals surface area contributed by atoms with Crippen molar-refractivity contribution in [2.24, 2.45) is 5.41 Å². The molecule has 2 heterocycles. The van der Waals surface area contributed by atoms with Crippen molar-refractivity contribution in [3.63, 3.8) is 0 Å². The summed E-state index contributed by atoms with van der Waals surface area (Å²) in [4.78, 5) is 44.9. The van der Waals surface area contributed by atoms with E-state index in [1.807, 2.05) is 27.7 Å². The summed E-state index contributed by atoms with van der Waals surface area (Å²) >= 11 is 0. The summed E-state index contributed by atoms with van der Waals surface area (Å²) in [7, 11) is 0. The van der Waals surface area contributed by atoms with Gasteiger partial charge >= 0.3 is 0 Å². The first-order chi connectivity index (χ1) is 13.7. The zero-order chi connectivity index (χ0) is 21.2. The Kier molecular flexibility index (Phi) is 5.67. The van der Waals surface area contributed by atoms with E-state index in [-0.39, 0.29) is 23.5 Å². The molecular formula is C20H26N6O3. The Hall–Kier alpha value is -3.23. The number of carbonyl (C=O) groups excluding carboxylic acids is 3. The molecule has 2 aromatic rings. The number of carbonyl (C=O) groups is 3. The van der Waals surface area contributed by atoms with Gasteiger partial charge in [-0.15, -0.1) is 0 Å². The van der Waals surface area contributed by atoms with E-state index < -0.39 is 5.41 Å². The average Bonchev–Trinajstić information content (AvgIpc) is 3.22. The normalized spacial score (nSPS) is 14.6. The summed E-state index contributed by atoms with van der Waals surface area (Å²) in [5.74, 6) is -0.244. The first-order valence-electron chi connectivity index (χ1n) is 9.53. The van der Waals surface area contributed by atoms with Gasteiger partial charge in [0.1, 0.15) is 6.33 Å². The summed E-state index contributed by atoms with van der Waals surface area (Å²) in [5.41, 5.74) is 1.38. The highest BCUT2D eigenvalue weighted by molar-refractivity contribution is 6.00. The summed E-state index contributed by atoms with van der Waals surface area (Å²) in [6, 6.07) is 5.32. The molecule has 1 aromatic heterocycles. The van der Waals surface area contributed by atoms with Crippen LogP contribution in [0.3, 0.4) is 0 Å². The number of hydrogen-bond donors (Lipinski definition) is 2. The number of hydrogen-bond acceptors (Lipinski definition) is 5. The predicted octanol–water partition coefficient (Wildman–Crippen LogP) is 1.70. The van der Waals surface area contributed by atoms with Crippen LogP contribution < -0.4 is 5.32 Å². The van der Waals surface area contributed by atoms with Crippen LogP contribution in [0.4, 0.5) is 5.69 Å². The number of H-pyrrole nitrogens is 1. The maximum atomic E-state index is 13.0. The fourth-order valence-electron chi connectivity index (χ4n) is 3.05. The third-order valence-electron chi connectivity index (χ3n) is 4.97. The number of nitrogens with zero attached hydrogens (tertiary/aromatic N) is 4. The Morgan fingerprint density at radius 3 is 2.21 bits per heavy atom. The lowest BCUT2D eigenvalue weighted by atomic mass is 9.95. The molecule has 154 valence electrons. The smallest absolute Gasteiger partial charge is 0.291 e. The van der Waals surface area contributed by atoms with Gasteiger partial charge in [0.05, 0.1) is 0 Å². The molecule has 3 rings (SSSR count). The molecule has 3 amide bonds. The fourth-order valence-corrected chi connectivity index (χ4v) is 3.05. The van der Waals surface area contributed by atoms with E-state index in [2.05, 4.69) is 20.5 Å². The van der Waals surface area contributed by atoms with Crippen molar-refractivity contribution < 1.29 is 14.4 Å². The number of nitrogens with one attached hydrogen (secondary N) is 2. The van der Waals surface area contributed by atoms with Gasteiger partial charge in [-0.3, -0.25) is 19.5 Å². The zero-order valence-electron chi connectivity index (χ0n) is 17.2. The lowest BCUT2D eigenvalue weighted by molar-refractivity contribution is -0.123. The molecule has 0 atom stereocenters. The third kappa shape index (κ3) is 4.44. The molecule has 9 heteroatoms. The lowest BCUT2D eigenvalue weighted by Crippen LogP contribution is -2.50. The first kappa shape index (κ1) is 20.5. The molecule has 1 fully saturated rings. The Morgan fingerprint density at radius 1 is 1.03 bits per heavy atom. The number of aromatic amines is 1. The summed E-state index contributed by atoms with van der Waals surface area (Å²) < 4.78 is 0. The second-order valence-electron chi connectivity index (χ2n) is 8.10. The van der Waals surface area contributed by atoms with Gasteiger partial charge in [-0.25, -0.2) is 4.98 Å². The summed E-state index contributed by atoms with van der Waals surface area (Å²) in [6.45, 7) is 9.04. The number of anilines is 1. The van der Waals surface area contributed by atoms with Crippen LogP contribution in [0.5, 0.6) is 0 Å². The van der Waals surface area contributed by atoms with Crippen molar-refractivity contribution in [1.82, 2.24) is 25.0 Å². The fraction of sp³-hybridized carbons (Fsp3) is 0.450. The maximum Gasteiger partial charge on any atom is 0.291 e. The van der Waals surface area contributed by atoms with Gasteiger partial charge < -0.3 is 15.1 Å². The van der Waals surface area contributed by atoms with Crippen molar-refractivity contribution in [3.8, 4) is 0 Å². The molecule has 0 radical (unpaired) electrons. The quantitative estimate of drug-likeness (QED) is 0.817. The minimum atomic E-state index is -0.529. The van der Waals surface area contributed by atoms with E-state index in [9.17, 15) is 14.4 Å². The van der Waals surface area contributed by atoms with Crippen LogP contribution in [0.1, 0.15) is 47.3 Å². The molecule has 0 unspecified atom stereocenters. The van der Waals surface area contributed by atoms with E-state index in [0.717, 1.165) is 5.56 Å². The van der Waals surface area contributed by atoms with Crippen LogP contribution >= 0.6 is 0 Å². The zero-order valence-corrected chi connectivity index (χ0v) is 17.2. The van der Waals surface area contributed by atoms with Crippen LogP contribution in [0.25, 0.3) is 0 Å². The van der Waals surface area contributed by atoms with Crippen molar-refractivity contribution in [3.05, 3.63) is 41.5 Å². The molecule has 29 heavy (non-hydrogen) atoms. The van der Waals surface area contributed by atoms with Crippen molar-refractivity contribution >= 4 is 23.4 Å². The van der Waals surface area contributed by atoms with Crippen LogP contribution in [0.2, 0.25) is 0 Å². The van der Waals surface area contributed by atoms with E-state index in [1.165, 1.54) is 6.33 Å². The average molecular weight is 398 g/mol. The molecule has 0 aliphatic carbocycles. The standard InChI is InChI=1S/C20H26N6O3/c1-13-14(6-5-7-15(13)23-19(29)20(2,3)4)17(27)25-8-10-26(11-9-25)18(28)16-21-12-22-24-16/h5-7,12H,8-11H2,1-4H3,(H,23,29)(H,21,22,24). The number of amides is 3. The summed E-state index contributed by atoms with van der Waals surface area (Å²) in [6.07, 6.45) is 1.29. The van der Waals surface area contributed by atoms with Crippen LogP contribution in [-0.2, 0) is 4.79 Å². The Bertz CT molecular complexity index is 909. The van der Waals surface area contributed by atoms with Gasteiger partial charge in [0.15, 0.2) is 0 Å². The minimum absolute atomic E-state index is 0.107. The van der Waals surface area contributed by atoms with Crippen molar-refractivity contribution in [2.45, 2.75) is 27.7 Å². The second kappa shape index (κ2) is 8.02. The van der Waals surface area contributed by atoms with Gasteiger partial charge in [-0.1, -0.05) is 26.8 Å². The highest BCUT2D eigenvalue weighted by atomic mass is 16.2. The van der Waals surface area contributed by atoms with Crippen LogP contribution in [0, 0.1) is 12.3 Å². The van der Waals surface area contributed by atoms with Crippen molar-refractivity contribution in [1.29, 1.82) is 0 Å². The van der Waals surface area contributed by atoms with E-state index in [0.29, 0.717) is 37.4 Å². The highest BCUT2D eigenvalue weighted by Gasteiger charge is 2.28. The molecule has 1 aliphatic heterocycles. The number of rotatable bonds is 3. The molecule has 1 aliphatic rings. The summed E-state index contributed by atoms with van der Waals surface area (Å²) in [5, 5.41) is 9.17. The first-order valence-corrected chi connectivity index (χ1v) is 9.53. The topological polar surface area (TPSA) is 111 Å². The molecule has 1 saturated heterocycles. The number of benzene rings is 1. The lowest BCUT2D eigenvalue weighted by Gasteiger charge is -2.34. The molecule has 2 N–H and O–H groups in total. The van der Waals surface area contributed by atoms with Crippen LogP contribution in [0.15, 0.2) is 24.5 Å². The third-order valence-corrected chi connectivity index (χ3v) is 4.97. The van der Waals surface area contributed by atoms with Gasteiger partial charge in [-0.2, -0.15) is 5.10 Å². The largest absolute Gasteiger partial charge is 0.335 e. The van der Waals surface area contributed by atoms with Gasteiger partial charge in [0.2, 0.25) is 11.7 Å². The van der Waals surface area contributed by atoms with Gasteiger partial charge in [0, 0.05) is 42.8 Å². The van der Waals surface area contributed by atoms with E-state index in [1.54, 1.807) is 28.0 Å². The highest BCUT2D eigenvalue weighted by Crippen LogP contribution is 2.24. The van der Waals surface area contributed by atoms with Crippen molar-refractivity contribution in [2.75, 3.05) is 31.5 Å². The molecule has 0 bridgehead atoms. The minimum Gasteiger partial charge on any atom is -0.335 e. The van der Waals surface area contributed by atoms with E-state index >= 15 is 0 Å². The predicted molar refractivity (Wildman–Crippen MR) is 107 cm³/mol. The molecule has 0 spiro atoms. The second-order valence-corrected chi connectivity index (χ2v) is 8.10. The number of piperazine rings is 1. The Labute approximate surface area is 169 Å². The molecule has 0 saturated carbocycles. The molecular weight excluding hydrogens is 372 g/mol. The van der Waals surface area contributed by atoms with Gasteiger partial charge in [-0.05, 0) is 24.6 Å². The monoisotopic (exact) mass is 398 g/mol. The Balaban J connectivity index is 1.68.